The monoisotopic (exact) mass is 446 g/mol. The Morgan fingerprint density at radius 2 is 0.529 bits per heavy atom. The maximum Gasteiger partial charge on any atom is 0.116 e. The molecule has 166 valence electrons. The lowest BCUT2D eigenvalue weighted by atomic mass is 9.85. The Balaban J connectivity index is 1.88. The summed E-state index contributed by atoms with van der Waals surface area (Å²) in [4.78, 5) is 0. The summed E-state index contributed by atoms with van der Waals surface area (Å²) in [6.45, 7) is 0. The van der Waals surface area contributed by atoms with Crippen molar-refractivity contribution in [2.45, 2.75) is 0 Å². The largest absolute Gasteiger partial charge is 0.508 e. The maximum atomic E-state index is 10.2. The van der Waals surface area contributed by atoms with E-state index in [1.807, 2.05) is 36.4 Å². The van der Waals surface area contributed by atoms with Gasteiger partial charge in [-0.1, -0.05) is 48.5 Å². The van der Waals surface area contributed by atoms with Crippen LogP contribution in [0.3, 0.4) is 0 Å². The Kier molecular flexibility index (Phi) is 5.40. The van der Waals surface area contributed by atoms with E-state index in [4.69, 9.17) is 0 Å². The SMILES string of the molecule is Oc1cccc(-c2cc(-c3cccc(O)c3)c(-c3cccc(O)c3)cc2-c2cccc(O)c2)c1. The third-order valence-corrected chi connectivity index (χ3v) is 5.79. The molecule has 0 bridgehead atoms. The highest BCUT2D eigenvalue weighted by Crippen LogP contribution is 2.43. The molecule has 4 N–H and O–H groups in total. The number of phenolic OH excluding ortho intramolecular Hbond substituents is 4. The minimum absolute atomic E-state index is 0.148. The molecule has 0 amide bonds. The van der Waals surface area contributed by atoms with Crippen molar-refractivity contribution in [1.82, 2.24) is 0 Å². The van der Waals surface area contributed by atoms with Gasteiger partial charge in [-0.3, -0.25) is 0 Å². The lowest BCUT2D eigenvalue weighted by molar-refractivity contribution is 0.475. The first-order valence-corrected chi connectivity index (χ1v) is 10.8. The molecule has 5 aromatic rings. The molecule has 34 heavy (non-hydrogen) atoms. The fraction of sp³-hybridized carbons (Fsp3) is 0. The van der Waals surface area contributed by atoms with Crippen LogP contribution in [0, 0.1) is 0 Å². The zero-order valence-corrected chi connectivity index (χ0v) is 18.2. The Bertz CT molecular complexity index is 1280. The summed E-state index contributed by atoms with van der Waals surface area (Å²) in [5, 5.41) is 40.7. The molecule has 0 unspecified atom stereocenters. The molecule has 0 atom stereocenters. The number of aromatic hydroxyl groups is 4. The van der Waals surface area contributed by atoms with Gasteiger partial charge >= 0.3 is 0 Å². The first kappa shape index (κ1) is 21.2. The first-order valence-electron chi connectivity index (χ1n) is 10.8. The van der Waals surface area contributed by atoms with Gasteiger partial charge in [-0.15, -0.1) is 0 Å². The van der Waals surface area contributed by atoms with Crippen molar-refractivity contribution in [3.63, 3.8) is 0 Å². The molecule has 0 aliphatic heterocycles. The molecular weight excluding hydrogens is 424 g/mol. The highest BCUT2D eigenvalue weighted by atomic mass is 16.3. The van der Waals surface area contributed by atoms with Gasteiger partial charge in [0.1, 0.15) is 23.0 Å². The Hall–Kier alpha value is -4.70. The van der Waals surface area contributed by atoms with Crippen LogP contribution in [0.4, 0.5) is 0 Å². The average molecular weight is 447 g/mol. The highest BCUT2D eigenvalue weighted by Gasteiger charge is 2.17. The predicted molar refractivity (Wildman–Crippen MR) is 135 cm³/mol. The van der Waals surface area contributed by atoms with Crippen LogP contribution in [0.2, 0.25) is 0 Å². The van der Waals surface area contributed by atoms with E-state index < -0.39 is 0 Å². The number of benzene rings is 5. The first-order chi connectivity index (χ1) is 16.5. The second-order valence-corrected chi connectivity index (χ2v) is 8.14. The molecular formula is C30H22O4. The van der Waals surface area contributed by atoms with Gasteiger partial charge in [0.15, 0.2) is 0 Å². The smallest absolute Gasteiger partial charge is 0.116 e. The van der Waals surface area contributed by atoms with Crippen molar-refractivity contribution >= 4 is 0 Å². The second-order valence-electron chi connectivity index (χ2n) is 8.14. The van der Waals surface area contributed by atoms with Gasteiger partial charge in [0, 0.05) is 0 Å². The van der Waals surface area contributed by atoms with Gasteiger partial charge < -0.3 is 20.4 Å². The molecule has 0 aliphatic rings. The van der Waals surface area contributed by atoms with E-state index in [1.54, 1.807) is 72.8 Å². The van der Waals surface area contributed by atoms with E-state index in [9.17, 15) is 20.4 Å². The number of phenols is 4. The topological polar surface area (TPSA) is 80.9 Å². The molecule has 0 saturated heterocycles. The van der Waals surface area contributed by atoms with Gasteiger partial charge in [0.2, 0.25) is 0 Å². The molecule has 0 fully saturated rings. The van der Waals surface area contributed by atoms with Gasteiger partial charge in [-0.2, -0.15) is 0 Å². The van der Waals surface area contributed by atoms with Crippen molar-refractivity contribution in [2.75, 3.05) is 0 Å². The molecule has 5 aromatic carbocycles. The minimum atomic E-state index is 0.148. The molecule has 5 rings (SSSR count). The van der Waals surface area contributed by atoms with Crippen molar-refractivity contribution in [2.24, 2.45) is 0 Å². The zero-order chi connectivity index (χ0) is 23.7. The van der Waals surface area contributed by atoms with E-state index in [0.29, 0.717) is 0 Å². The fourth-order valence-corrected chi connectivity index (χ4v) is 4.25. The van der Waals surface area contributed by atoms with E-state index >= 15 is 0 Å². The molecule has 0 saturated carbocycles. The standard InChI is InChI=1S/C30H22O4/c31-23-9-1-5-19(13-23)27-17-29(21-7-3-11-25(33)15-21)30(22-8-4-12-26(34)16-22)18-28(27)20-6-2-10-24(32)14-20/h1-18,31-34H. The third kappa shape index (κ3) is 4.17. The van der Waals surface area contributed by atoms with Crippen LogP contribution in [-0.2, 0) is 0 Å². The predicted octanol–water partition coefficient (Wildman–Crippen LogP) is 7.18. The fourth-order valence-electron chi connectivity index (χ4n) is 4.25. The second kappa shape index (κ2) is 8.68. The average Bonchev–Trinajstić information content (AvgIpc) is 2.83. The Morgan fingerprint density at radius 1 is 0.294 bits per heavy atom. The van der Waals surface area contributed by atoms with Crippen molar-refractivity contribution in [3.05, 3.63) is 109 Å². The molecule has 0 heterocycles. The van der Waals surface area contributed by atoms with E-state index in [1.165, 1.54) is 0 Å². The van der Waals surface area contributed by atoms with Gasteiger partial charge in [-0.25, -0.2) is 0 Å². The van der Waals surface area contributed by atoms with Crippen LogP contribution in [0.15, 0.2) is 109 Å². The zero-order valence-electron chi connectivity index (χ0n) is 18.2. The Labute approximate surface area is 197 Å². The van der Waals surface area contributed by atoms with Crippen LogP contribution in [0.25, 0.3) is 44.5 Å². The molecule has 0 aliphatic carbocycles. The van der Waals surface area contributed by atoms with Crippen LogP contribution in [0.5, 0.6) is 23.0 Å². The summed E-state index contributed by atoms with van der Waals surface area (Å²) in [6.07, 6.45) is 0. The lowest BCUT2D eigenvalue weighted by Crippen LogP contribution is -1.92. The van der Waals surface area contributed by atoms with E-state index in [0.717, 1.165) is 44.5 Å². The van der Waals surface area contributed by atoms with Crippen molar-refractivity contribution in [3.8, 4) is 67.5 Å². The van der Waals surface area contributed by atoms with Crippen molar-refractivity contribution in [1.29, 1.82) is 0 Å². The summed E-state index contributed by atoms with van der Waals surface area (Å²) < 4.78 is 0. The Morgan fingerprint density at radius 3 is 0.735 bits per heavy atom. The van der Waals surface area contributed by atoms with Gasteiger partial charge in [0.05, 0.1) is 0 Å². The van der Waals surface area contributed by atoms with Gasteiger partial charge in [0.25, 0.3) is 0 Å². The highest BCUT2D eigenvalue weighted by molar-refractivity contribution is 5.95. The van der Waals surface area contributed by atoms with E-state index in [-0.39, 0.29) is 23.0 Å². The summed E-state index contributed by atoms with van der Waals surface area (Å²) in [5.74, 6) is 0.594. The third-order valence-electron chi connectivity index (χ3n) is 5.79. The molecule has 4 nitrogen and oxygen atoms in total. The molecule has 4 heteroatoms. The molecule has 0 aromatic heterocycles. The number of hydrogen-bond donors (Lipinski definition) is 4. The normalized spacial score (nSPS) is 10.8. The minimum Gasteiger partial charge on any atom is -0.508 e. The number of rotatable bonds is 4. The quantitative estimate of drug-likeness (QED) is 0.236. The summed E-state index contributed by atoms with van der Waals surface area (Å²) in [6, 6.07) is 32.1. The van der Waals surface area contributed by atoms with Crippen LogP contribution >= 0.6 is 0 Å². The number of hydrogen-bond acceptors (Lipinski definition) is 4. The van der Waals surface area contributed by atoms with Gasteiger partial charge in [-0.05, 0) is 105 Å². The van der Waals surface area contributed by atoms with Crippen LogP contribution < -0.4 is 0 Å². The summed E-state index contributed by atoms with van der Waals surface area (Å²) in [5.41, 5.74) is 6.63. The lowest BCUT2D eigenvalue weighted by Gasteiger charge is -2.19. The summed E-state index contributed by atoms with van der Waals surface area (Å²) >= 11 is 0. The van der Waals surface area contributed by atoms with E-state index in [2.05, 4.69) is 0 Å². The molecule has 0 spiro atoms. The summed E-state index contributed by atoms with van der Waals surface area (Å²) in [7, 11) is 0. The van der Waals surface area contributed by atoms with Crippen LogP contribution in [0.1, 0.15) is 0 Å². The van der Waals surface area contributed by atoms with Crippen LogP contribution in [-0.4, -0.2) is 20.4 Å². The maximum absolute atomic E-state index is 10.2. The van der Waals surface area contributed by atoms with Crippen molar-refractivity contribution < 1.29 is 20.4 Å². The molecule has 0 radical (unpaired) electrons.